The van der Waals surface area contributed by atoms with Gasteiger partial charge in [0.15, 0.2) is 0 Å². The van der Waals surface area contributed by atoms with Crippen LogP contribution < -0.4 is 5.32 Å². The van der Waals surface area contributed by atoms with Crippen molar-refractivity contribution in [2.24, 2.45) is 0 Å². The minimum atomic E-state index is -0.617. The number of hydrogen-bond donors (Lipinski definition) is 2. The summed E-state index contributed by atoms with van der Waals surface area (Å²) in [5, 5.41) is 6.40. The number of rotatable bonds is 7. The van der Waals surface area contributed by atoms with E-state index >= 15 is 0 Å². The molecule has 2 aliphatic carbocycles. The van der Waals surface area contributed by atoms with Crippen LogP contribution in [0.1, 0.15) is 80.7 Å². The Morgan fingerprint density at radius 3 is 2.44 bits per heavy atom. The number of carbonyl (C=O) groups excluding carboxylic acids is 2. The summed E-state index contributed by atoms with van der Waals surface area (Å²) < 4.78 is 0. The molecule has 34 heavy (non-hydrogen) atoms. The predicted molar refractivity (Wildman–Crippen MR) is 138 cm³/mol. The van der Waals surface area contributed by atoms with E-state index in [4.69, 9.17) is 0 Å². The Hall–Kier alpha value is -2.60. The SMILES string of the molecule is O=C(NC1CCCCC1)C(c1c[nH]c2ccccc12)N(C(=O)Cc1cccs1)C1CCCCC1. The zero-order valence-electron chi connectivity index (χ0n) is 19.8. The summed E-state index contributed by atoms with van der Waals surface area (Å²) in [6.45, 7) is 0. The first-order valence-electron chi connectivity index (χ1n) is 12.9. The molecule has 2 aliphatic rings. The summed E-state index contributed by atoms with van der Waals surface area (Å²) in [5.41, 5.74) is 1.91. The molecule has 5 rings (SSSR count). The van der Waals surface area contributed by atoms with Gasteiger partial charge in [-0.2, -0.15) is 0 Å². The second-order valence-corrected chi connectivity index (χ2v) is 10.9. The van der Waals surface area contributed by atoms with Crippen LogP contribution in [-0.4, -0.2) is 33.8 Å². The number of aromatic amines is 1. The maximum Gasteiger partial charge on any atom is 0.247 e. The van der Waals surface area contributed by atoms with Crippen LogP contribution in [0.25, 0.3) is 10.9 Å². The van der Waals surface area contributed by atoms with Crippen LogP contribution in [0, 0.1) is 0 Å². The summed E-state index contributed by atoms with van der Waals surface area (Å²) in [6, 6.07) is 11.8. The zero-order valence-corrected chi connectivity index (χ0v) is 20.6. The average molecular weight is 478 g/mol. The molecule has 0 aliphatic heterocycles. The van der Waals surface area contributed by atoms with Crippen LogP contribution in [-0.2, 0) is 16.0 Å². The number of fused-ring (bicyclic) bond motifs is 1. The minimum absolute atomic E-state index is 0.0262. The topological polar surface area (TPSA) is 65.2 Å². The van der Waals surface area contributed by atoms with Gasteiger partial charge in [0.25, 0.3) is 0 Å². The van der Waals surface area contributed by atoms with Crippen molar-refractivity contribution >= 4 is 34.1 Å². The molecule has 1 atom stereocenters. The quantitative estimate of drug-likeness (QED) is 0.430. The van der Waals surface area contributed by atoms with Gasteiger partial charge in [-0.3, -0.25) is 9.59 Å². The van der Waals surface area contributed by atoms with Gasteiger partial charge in [-0.15, -0.1) is 11.3 Å². The van der Waals surface area contributed by atoms with E-state index in [0.29, 0.717) is 6.42 Å². The summed E-state index contributed by atoms with van der Waals surface area (Å²) in [6.07, 6.45) is 13.3. The van der Waals surface area contributed by atoms with Crippen molar-refractivity contribution in [3.8, 4) is 0 Å². The Morgan fingerprint density at radius 1 is 0.971 bits per heavy atom. The van der Waals surface area contributed by atoms with Gasteiger partial charge in [-0.25, -0.2) is 0 Å². The van der Waals surface area contributed by atoms with Gasteiger partial charge in [0.1, 0.15) is 6.04 Å². The van der Waals surface area contributed by atoms with Gasteiger partial charge in [-0.1, -0.05) is 62.8 Å². The maximum absolute atomic E-state index is 14.0. The molecule has 1 unspecified atom stereocenters. The highest BCUT2D eigenvalue weighted by Crippen LogP contribution is 2.35. The highest BCUT2D eigenvalue weighted by atomic mass is 32.1. The number of para-hydroxylation sites is 1. The second kappa shape index (κ2) is 10.8. The normalized spacial score (nSPS) is 18.6. The monoisotopic (exact) mass is 477 g/mol. The van der Waals surface area contributed by atoms with Gasteiger partial charge in [-0.05, 0) is 43.2 Å². The highest BCUT2D eigenvalue weighted by molar-refractivity contribution is 7.10. The number of nitrogens with zero attached hydrogens (tertiary/aromatic N) is 1. The molecular formula is C28H35N3O2S. The van der Waals surface area contributed by atoms with Crippen molar-refractivity contribution in [1.29, 1.82) is 0 Å². The number of benzene rings is 1. The molecule has 0 spiro atoms. The smallest absolute Gasteiger partial charge is 0.247 e. The number of amides is 2. The van der Waals surface area contributed by atoms with Gasteiger partial charge in [0, 0.05) is 39.6 Å². The summed E-state index contributed by atoms with van der Waals surface area (Å²) in [4.78, 5) is 34.3. The summed E-state index contributed by atoms with van der Waals surface area (Å²) in [5.74, 6) is 0.0326. The highest BCUT2D eigenvalue weighted by Gasteiger charge is 2.38. The van der Waals surface area contributed by atoms with E-state index in [0.717, 1.165) is 72.7 Å². The first-order chi connectivity index (χ1) is 16.7. The molecule has 2 fully saturated rings. The van der Waals surface area contributed by atoms with Crippen LogP contribution in [0.3, 0.4) is 0 Å². The fraction of sp³-hybridized carbons (Fsp3) is 0.500. The third kappa shape index (κ3) is 5.07. The van der Waals surface area contributed by atoms with Crippen LogP contribution in [0.4, 0.5) is 0 Å². The lowest BCUT2D eigenvalue weighted by atomic mass is 9.90. The molecule has 6 heteroatoms. The van der Waals surface area contributed by atoms with Crippen LogP contribution >= 0.6 is 11.3 Å². The molecular weight excluding hydrogens is 442 g/mol. The lowest BCUT2D eigenvalue weighted by molar-refractivity contribution is -0.144. The van der Waals surface area contributed by atoms with E-state index in [9.17, 15) is 9.59 Å². The standard InChI is InChI=1S/C28H35N3O2S/c32-26(18-22-14-9-17-34-22)31(21-12-5-2-6-13-21)27(28(33)30-20-10-3-1-4-11-20)24-19-29-25-16-8-7-15-23(24)25/h7-9,14-17,19-21,27,29H,1-6,10-13,18H2,(H,30,33). The average Bonchev–Trinajstić information content (AvgIpc) is 3.53. The first-order valence-corrected chi connectivity index (χ1v) is 13.8. The van der Waals surface area contributed by atoms with Gasteiger partial charge >= 0.3 is 0 Å². The number of nitrogens with one attached hydrogen (secondary N) is 2. The zero-order chi connectivity index (χ0) is 23.3. The fourth-order valence-corrected chi connectivity index (χ4v) is 6.53. The largest absolute Gasteiger partial charge is 0.361 e. The molecule has 2 aromatic heterocycles. The number of carbonyl (C=O) groups is 2. The summed E-state index contributed by atoms with van der Waals surface area (Å²) >= 11 is 1.61. The van der Waals surface area contributed by atoms with E-state index in [-0.39, 0.29) is 23.9 Å². The Morgan fingerprint density at radius 2 is 1.71 bits per heavy atom. The summed E-state index contributed by atoms with van der Waals surface area (Å²) in [7, 11) is 0. The first kappa shape index (κ1) is 23.2. The Bertz CT molecular complexity index is 1090. The van der Waals surface area contributed by atoms with E-state index in [1.165, 1.54) is 12.8 Å². The molecule has 3 aromatic rings. The van der Waals surface area contributed by atoms with Crippen LogP contribution in [0.5, 0.6) is 0 Å². The molecule has 1 aromatic carbocycles. The van der Waals surface area contributed by atoms with Gasteiger partial charge < -0.3 is 15.2 Å². The fourth-order valence-electron chi connectivity index (χ4n) is 5.84. The minimum Gasteiger partial charge on any atom is -0.361 e. The lowest BCUT2D eigenvalue weighted by Gasteiger charge is -2.40. The third-order valence-electron chi connectivity index (χ3n) is 7.56. The van der Waals surface area contributed by atoms with E-state index in [1.807, 2.05) is 46.8 Å². The van der Waals surface area contributed by atoms with Crippen molar-refractivity contribution in [1.82, 2.24) is 15.2 Å². The van der Waals surface area contributed by atoms with Gasteiger partial charge in [0.2, 0.25) is 11.8 Å². The predicted octanol–water partition coefficient (Wildman–Crippen LogP) is 6.12. The van der Waals surface area contributed by atoms with E-state index < -0.39 is 6.04 Å². The third-order valence-corrected chi connectivity index (χ3v) is 8.43. The van der Waals surface area contributed by atoms with Gasteiger partial charge in [0.05, 0.1) is 6.42 Å². The van der Waals surface area contributed by atoms with Crippen molar-refractivity contribution in [3.63, 3.8) is 0 Å². The Kier molecular flexibility index (Phi) is 7.33. The Balaban J connectivity index is 1.53. The molecule has 2 amide bonds. The molecule has 2 saturated carbocycles. The molecule has 0 bridgehead atoms. The Labute approximate surface area is 205 Å². The van der Waals surface area contributed by atoms with Crippen LogP contribution in [0.15, 0.2) is 48.0 Å². The number of H-pyrrole nitrogens is 1. The van der Waals surface area contributed by atoms with Crippen molar-refractivity contribution in [2.45, 2.75) is 88.8 Å². The number of aromatic nitrogens is 1. The molecule has 180 valence electrons. The van der Waals surface area contributed by atoms with E-state index in [1.54, 1.807) is 11.3 Å². The molecule has 2 N–H and O–H groups in total. The maximum atomic E-state index is 14.0. The lowest BCUT2D eigenvalue weighted by Crippen LogP contribution is -2.51. The van der Waals surface area contributed by atoms with Crippen molar-refractivity contribution in [2.75, 3.05) is 0 Å². The second-order valence-electron chi connectivity index (χ2n) is 9.88. The van der Waals surface area contributed by atoms with Crippen LogP contribution in [0.2, 0.25) is 0 Å². The van der Waals surface area contributed by atoms with E-state index in [2.05, 4.69) is 16.4 Å². The molecule has 5 nitrogen and oxygen atoms in total. The number of hydrogen-bond acceptors (Lipinski definition) is 3. The molecule has 0 radical (unpaired) electrons. The molecule has 2 heterocycles. The number of thiophene rings is 1. The van der Waals surface area contributed by atoms with Crippen molar-refractivity contribution in [3.05, 3.63) is 58.4 Å². The van der Waals surface area contributed by atoms with Crippen molar-refractivity contribution < 1.29 is 9.59 Å². The molecule has 0 saturated heterocycles.